The van der Waals surface area contributed by atoms with Gasteiger partial charge >= 0.3 is 11.9 Å². The lowest BCUT2D eigenvalue weighted by atomic mass is 10.1. The molecule has 0 saturated carbocycles. The van der Waals surface area contributed by atoms with E-state index in [4.69, 9.17) is 4.74 Å². The Morgan fingerprint density at radius 3 is 2.55 bits per heavy atom. The number of nitrogens with zero attached hydrogens (tertiary/aromatic N) is 2. The van der Waals surface area contributed by atoms with E-state index in [1.807, 2.05) is 11.4 Å². The summed E-state index contributed by atoms with van der Waals surface area (Å²) in [7, 11) is 1.12. The summed E-state index contributed by atoms with van der Waals surface area (Å²) >= 11 is 1.65. The maximum absolute atomic E-state index is 12.7. The number of non-ortho nitro benzene ring substituents is 1. The Hall–Kier alpha value is -3.27. The van der Waals surface area contributed by atoms with Gasteiger partial charge in [-0.05, 0) is 36.4 Å². The Labute approximate surface area is 170 Å². The van der Waals surface area contributed by atoms with Crippen LogP contribution in [0.15, 0.2) is 29.6 Å². The van der Waals surface area contributed by atoms with E-state index in [9.17, 15) is 24.5 Å². The van der Waals surface area contributed by atoms with Gasteiger partial charge in [-0.3, -0.25) is 14.9 Å². The monoisotopic (exact) mass is 418 g/mol. The van der Waals surface area contributed by atoms with Crippen LogP contribution in [-0.2, 0) is 27.2 Å². The van der Waals surface area contributed by atoms with Gasteiger partial charge in [-0.25, -0.2) is 9.59 Å². The predicted molar refractivity (Wildman–Crippen MR) is 103 cm³/mol. The zero-order valence-corrected chi connectivity index (χ0v) is 16.6. The minimum Gasteiger partial charge on any atom is -0.465 e. The molecule has 1 atom stereocenters. The molecule has 1 unspecified atom stereocenters. The quantitative estimate of drug-likeness (QED) is 0.416. The first-order valence-electron chi connectivity index (χ1n) is 8.73. The molecule has 29 heavy (non-hydrogen) atoms. The highest BCUT2D eigenvalue weighted by Crippen LogP contribution is 2.25. The molecule has 152 valence electrons. The van der Waals surface area contributed by atoms with Crippen molar-refractivity contribution in [1.29, 1.82) is 0 Å². The lowest BCUT2D eigenvalue weighted by Crippen LogP contribution is -2.42. The molecule has 0 spiro atoms. The number of amides is 1. The molecular formula is C19H18N2O7S. The fraction of sp³-hybridized carbons (Fsp3) is 0.316. The average Bonchev–Trinajstić information content (AvgIpc) is 3.19. The first kappa shape index (κ1) is 20.5. The summed E-state index contributed by atoms with van der Waals surface area (Å²) < 4.78 is 9.77. The van der Waals surface area contributed by atoms with Gasteiger partial charge in [0, 0.05) is 30.1 Å². The molecule has 9 nitrogen and oxygen atoms in total. The van der Waals surface area contributed by atoms with Gasteiger partial charge < -0.3 is 14.4 Å². The number of ether oxygens (including phenoxy) is 2. The van der Waals surface area contributed by atoms with Gasteiger partial charge in [0.15, 0.2) is 6.10 Å². The van der Waals surface area contributed by atoms with E-state index in [2.05, 4.69) is 4.74 Å². The van der Waals surface area contributed by atoms with Crippen molar-refractivity contribution in [2.24, 2.45) is 0 Å². The zero-order valence-electron chi connectivity index (χ0n) is 15.7. The zero-order chi connectivity index (χ0) is 21.1. The molecule has 0 fully saturated rings. The van der Waals surface area contributed by atoms with Crippen LogP contribution in [0.4, 0.5) is 5.69 Å². The van der Waals surface area contributed by atoms with E-state index in [0.717, 1.165) is 37.3 Å². The fourth-order valence-electron chi connectivity index (χ4n) is 3.04. The summed E-state index contributed by atoms with van der Waals surface area (Å²) in [5.41, 5.74) is 0.251. The lowest BCUT2D eigenvalue weighted by Gasteiger charge is -2.29. The van der Waals surface area contributed by atoms with E-state index in [1.165, 1.54) is 11.8 Å². The summed E-state index contributed by atoms with van der Waals surface area (Å²) in [6.07, 6.45) is -0.337. The topological polar surface area (TPSA) is 116 Å². The molecule has 0 bridgehead atoms. The van der Waals surface area contributed by atoms with Gasteiger partial charge in [-0.1, -0.05) is 0 Å². The van der Waals surface area contributed by atoms with Crippen LogP contribution in [0, 0.1) is 10.1 Å². The van der Waals surface area contributed by atoms with Crippen LogP contribution in [0.5, 0.6) is 0 Å². The number of rotatable bonds is 5. The largest absolute Gasteiger partial charge is 0.465 e. The molecule has 0 radical (unpaired) electrons. The van der Waals surface area contributed by atoms with Crippen LogP contribution in [0.1, 0.15) is 38.1 Å². The molecule has 3 rings (SSSR count). The lowest BCUT2D eigenvalue weighted by molar-refractivity contribution is -0.384. The van der Waals surface area contributed by atoms with Gasteiger partial charge in [0.25, 0.3) is 11.6 Å². The third kappa shape index (κ3) is 4.43. The molecule has 1 aromatic carbocycles. The molecular weight excluding hydrogens is 400 g/mol. The number of benzene rings is 1. The maximum atomic E-state index is 12.7. The summed E-state index contributed by atoms with van der Waals surface area (Å²) in [6, 6.07) is 5.10. The second-order valence-electron chi connectivity index (χ2n) is 6.44. The van der Waals surface area contributed by atoms with Crippen molar-refractivity contribution in [1.82, 2.24) is 4.90 Å². The highest BCUT2D eigenvalue weighted by Gasteiger charge is 2.28. The number of esters is 2. The van der Waals surface area contributed by atoms with Crippen molar-refractivity contribution in [2.75, 3.05) is 13.7 Å². The van der Waals surface area contributed by atoms with Crippen LogP contribution in [-0.4, -0.2) is 47.4 Å². The SMILES string of the molecule is COC(=O)c1cc(C(=O)OC(C)C(=O)N2CCc3sccc3C2)cc([N+](=O)[O-])c1. The molecule has 0 aliphatic carbocycles. The number of nitro groups is 1. The van der Waals surface area contributed by atoms with Gasteiger partial charge in [-0.15, -0.1) is 11.3 Å². The Morgan fingerprint density at radius 2 is 1.90 bits per heavy atom. The molecule has 1 aliphatic heterocycles. The Morgan fingerprint density at radius 1 is 1.21 bits per heavy atom. The van der Waals surface area contributed by atoms with Crippen molar-refractivity contribution in [2.45, 2.75) is 26.0 Å². The molecule has 1 aromatic heterocycles. The maximum Gasteiger partial charge on any atom is 0.339 e. The van der Waals surface area contributed by atoms with E-state index in [0.29, 0.717) is 13.1 Å². The summed E-state index contributed by atoms with van der Waals surface area (Å²) in [5, 5.41) is 13.1. The number of nitro benzene ring substituents is 1. The average molecular weight is 418 g/mol. The highest BCUT2D eigenvalue weighted by molar-refractivity contribution is 7.10. The van der Waals surface area contributed by atoms with E-state index in [-0.39, 0.29) is 17.0 Å². The Bertz CT molecular complexity index is 985. The molecule has 2 aromatic rings. The van der Waals surface area contributed by atoms with Crippen LogP contribution in [0.25, 0.3) is 0 Å². The highest BCUT2D eigenvalue weighted by atomic mass is 32.1. The third-order valence-corrected chi connectivity index (χ3v) is 5.56. The van der Waals surface area contributed by atoms with Gasteiger partial charge in [0.1, 0.15) is 0 Å². The van der Waals surface area contributed by atoms with Gasteiger partial charge in [0.2, 0.25) is 0 Å². The Balaban J connectivity index is 1.74. The van der Waals surface area contributed by atoms with Crippen molar-refractivity contribution in [3.05, 3.63) is 61.3 Å². The molecule has 0 N–H and O–H groups in total. The van der Waals surface area contributed by atoms with E-state index >= 15 is 0 Å². The van der Waals surface area contributed by atoms with Crippen LogP contribution < -0.4 is 0 Å². The minimum absolute atomic E-state index is 0.159. The van der Waals surface area contributed by atoms with Crippen molar-refractivity contribution in [3.63, 3.8) is 0 Å². The summed E-state index contributed by atoms with van der Waals surface area (Å²) in [4.78, 5) is 50.1. The van der Waals surface area contributed by atoms with Gasteiger partial charge in [0.05, 0.1) is 23.2 Å². The van der Waals surface area contributed by atoms with Gasteiger partial charge in [-0.2, -0.15) is 0 Å². The second-order valence-corrected chi connectivity index (χ2v) is 7.44. The molecule has 1 aliphatic rings. The smallest absolute Gasteiger partial charge is 0.339 e. The number of fused-ring (bicyclic) bond motifs is 1. The number of hydrogen-bond acceptors (Lipinski definition) is 8. The number of thiophene rings is 1. The standard InChI is InChI=1S/C19H18N2O7S/c1-11(17(22)20-5-3-16-12(10-20)4-6-29-16)28-19(24)14-7-13(18(23)27-2)8-15(9-14)21(25)26/h4,6-9,11H,3,5,10H2,1-2H3. The van der Waals surface area contributed by atoms with Crippen molar-refractivity contribution < 1.29 is 28.8 Å². The first-order chi connectivity index (χ1) is 13.8. The summed E-state index contributed by atoms with van der Waals surface area (Å²) in [6.45, 7) is 2.42. The molecule has 10 heteroatoms. The molecule has 0 saturated heterocycles. The number of hydrogen-bond donors (Lipinski definition) is 0. The third-order valence-electron chi connectivity index (χ3n) is 4.54. The number of carbonyl (C=O) groups is 3. The second kappa shape index (κ2) is 8.39. The van der Waals surface area contributed by atoms with Crippen LogP contribution >= 0.6 is 11.3 Å². The first-order valence-corrected chi connectivity index (χ1v) is 9.61. The summed E-state index contributed by atoms with van der Waals surface area (Å²) in [5.74, 6) is -2.12. The normalized spacial score (nSPS) is 13.9. The fourth-order valence-corrected chi connectivity index (χ4v) is 3.93. The van der Waals surface area contributed by atoms with Crippen molar-refractivity contribution in [3.8, 4) is 0 Å². The minimum atomic E-state index is -1.08. The van der Waals surface area contributed by atoms with Crippen LogP contribution in [0.3, 0.4) is 0 Å². The molecule has 1 amide bonds. The predicted octanol–water partition coefficient (Wildman–Crippen LogP) is 2.57. The molecule has 2 heterocycles. The van der Waals surface area contributed by atoms with Crippen molar-refractivity contribution >= 4 is 34.9 Å². The number of methoxy groups -OCH3 is 1. The van der Waals surface area contributed by atoms with E-state index in [1.54, 1.807) is 16.2 Å². The Kier molecular flexibility index (Phi) is 5.92. The number of carbonyl (C=O) groups excluding carboxylic acids is 3. The van der Waals surface area contributed by atoms with Crippen LogP contribution in [0.2, 0.25) is 0 Å². The van der Waals surface area contributed by atoms with E-state index < -0.39 is 28.7 Å².